The lowest BCUT2D eigenvalue weighted by atomic mass is 10.0. The van der Waals surface area contributed by atoms with Crippen molar-refractivity contribution in [2.24, 2.45) is 0 Å². The van der Waals surface area contributed by atoms with Crippen molar-refractivity contribution in [1.82, 2.24) is 5.32 Å². The highest BCUT2D eigenvalue weighted by Crippen LogP contribution is 2.25. The van der Waals surface area contributed by atoms with Crippen molar-refractivity contribution in [3.63, 3.8) is 0 Å². The molecule has 0 heterocycles. The largest absolute Gasteiger partial charge is 0.395 e. The summed E-state index contributed by atoms with van der Waals surface area (Å²) in [6.07, 6.45) is 3.77. The highest BCUT2D eigenvalue weighted by molar-refractivity contribution is 5.36. The predicted molar refractivity (Wildman–Crippen MR) is 66.6 cm³/mol. The first kappa shape index (κ1) is 11.6. The van der Waals surface area contributed by atoms with Crippen molar-refractivity contribution in [2.75, 3.05) is 6.61 Å². The number of nitrogens with one attached hydrogen (secondary N) is 1. The van der Waals surface area contributed by atoms with Gasteiger partial charge in [-0.2, -0.15) is 0 Å². The van der Waals surface area contributed by atoms with E-state index in [9.17, 15) is 0 Å². The molecule has 2 nitrogen and oxygen atoms in total. The Morgan fingerprint density at radius 1 is 1.25 bits per heavy atom. The first-order valence-electron chi connectivity index (χ1n) is 6.19. The number of fused-ring (bicyclic) bond motifs is 1. The Hall–Kier alpha value is -0.860. The molecule has 0 aromatic heterocycles. The summed E-state index contributed by atoms with van der Waals surface area (Å²) >= 11 is 0. The molecule has 2 heteroatoms. The molecule has 0 radical (unpaired) electrons. The van der Waals surface area contributed by atoms with Crippen LogP contribution in [0.25, 0.3) is 0 Å². The zero-order valence-electron chi connectivity index (χ0n) is 10.2. The Balaban J connectivity index is 2.09. The van der Waals surface area contributed by atoms with Crippen molar-refractivity contribution in [3.8, 4) is 0 Å². The minimum atomic E-state index is 0.156. The quantitative estimate of drug-likeness (QED) is 0.813. The second-order valence-corrected chi connectivity index (χ2v) is 4.85. The van der Waals surface area contributed by atoms with Crippen LogP contribution in [0.4, 0.5) is 0 Å². The van der Waals surface area contributed by atoms with E-state index in [1.807, 2.05) is 6.92 Å². The third-order valence-corrected chi connectivity index (χ3v) is 3.43. The summed E-state index contributed by atoms with van der Waals surface area (Å²) in [7, 11) is 0. The molecule has 0 amide bonds. The lowest BCUT2D eigenvalue weighted by Gasteiger charge is -2.19. The van der Waals surface area contributed by atoms with Gasteiger partial charge in [0.25, 0.3) is 0 Å². The fourth-order valence-electron chi connectivity index (χ4n) is 2.44. The van der Waals surface area contributed by atoms with E-state index < -0.39 is 0 Å². The van der Waals surface area contributed by atoms with Gasteiger partial charge >= 0.3 is 0 Å². The number of hydrogen-bond acceptors (Lipinski definition) is 2. The summed E-state index contributed by atoms with van der Waals surface area (Å²) in [5.41, 5.74) is 4.37. The monoisotopic (exact) mass is 219 g/mol. The van der Waals surface area contributed by atoms with E-state index in [0.29, 0.717) is 6.04 Å². The van der Waals surface area contributed by atoms with E-state index in [-0.39, 0.29) is 12.6 Å². The van der Waals surface area contributed by atoms with E-state index in [2.05, 4.69) is 30.4 Å². The van der Waals surface area contributed by atoms with Crippen molar-refractivity contribution in [2.45, 2.75) is 45.2 Å². The number of rotatable bonds is 4. The molecule has 2 unspecified atom stereocenters. The van der Waals surface area contributed by atoms with Crippen LogP contribution < -0.4 is 5.32 Å². The summed E-state index contributed by atoms with van der Waals surface area (Å²) in [6.45, 7) is 4.35. The molecule has 0 spiro atoms. The van der Waals surface area contributed by atoms with E-state index in [1.54, 1.807) is 0 Å². The third kappa shape index (κ3) is 2.45. The van der Waals surface area contributed by atoms with Crippen LogP contribution in [-0.2, 0) is 12.8 Å². The van der Waals surface area contributed by atoms with Crippen molar-refractivity contribution < 1.29 is 5.11 Å². The lowest BCUT2D eigenvalue weighted by molar-refractivity contribution is 0.243. The van der Waals surface area contributed by atoms with Gasteiger partial charge in [0.15, 0.2) is 0 Å². The van der Waals surface area contributed by atoms with Crippen molar-refractivity contribution >= 4 is 0 Å². The summed E-state index contributed by atoms with van der Waals surface area (Å²) in [4.78, 5) is 0. The second-order valence-electron chi connectivity index (χ2n) is 4.85. The molecule has 2 rings (SSSR count). The average Bonchev–Trinajstić information content (AvgIpc) is 2.75. The van der Waals surface area contributed by atoms with Gasteiger partial charge in [0.1, 0.15) is 0 Å². The molecule has 88 valence electrons. The van der Waals surface area contributed by atoms with Gasteiger partial charge in [-0.1, -0.05) is 18.2 Å². The molecule has 2 N–H and O–H groups in total. The van der Waals surface area contributed by atoms with Crippen LogP contribution in [0.15, 0.2) is 18.2 Å². The minimum absolute atomic E-state index is 0.156. The van der Waals surface area contributed by atoms with E-state index >= 15 is 0 Å². The Bertz CT molecular complexity index is 362. The normalized spacial score (nSPS) is 18.2. The Morgan fingerprint density at radius 3 is 2.75 bits per heavy atom. The highest BCUT2D eigenvalue weighted by Gasteiger charge is 2.14. The molecule has 0 bridgehead atoms. The Morgan fingerprint density at radius 2 is 2.00 bits per heavy atom. The van der Waals surface area contributed by atoms with Crippen molar-refractivity contribution in [1.29, 1.82) is 0 Å². The molecule has 1 aliphatic rings. The number of aryl methyl sites for hydroxylation is 2. The van der Waals surface area contributed by atoms with Crippen LogP contribution in [0.5, 0.6) is 0 Å². The molecule has 0 saturated carbocycles. The number of hydrogen-bond donors (Lipinski definition) is 2. The fourth-order valence-corrected chi connectivity index (χ4v) is 2.44. The molecule has 0 fully saturated rings. The number of aliphatic hydroxyl groups excluding tert-OH is 1. The van der Waals surface area contributed by atoms with Crippen LogP contribution >= 0.6 is 0 Å². The zero-order valence-corrected chi connectivity index (χ0v) is 10.2. The standard InChI is InChI=1S/C14H21NO/c1-10(9-16)15-11(2)13-7-6-12-4-3-5-14(12)8-13/h6-8,10-11,15-16H,3-5,9H2,1-2H3. The minimum Gasteiger partial charge on any atom is -0.395 e. The molecule has 1 aliphatic carbocycles. The van der Waals surface area contributed by atoms with E-state index in [0.717, 1.165) is 0 Å². The van der Waals surface area contributed by atoms with Gasteiger partial charge in [-0.05, 0) is 49.8 Å². The number of aliphatic hydroxyl groups is 1. The smallest absolute Gasteiger partial charge is 0.0582 e. The molecule has 16 heavy (non-hydrogen) atoms. The van der Waals surface area contributed by atoms with Crippen LogP contribution in [0, 0.1) is 0 Å². The SMILES string of the molecule is CC(CO)NC(C)c1ccc2c(c1)CCC2. The van der Waals surface area contributed by atoms with Gasteiger partial charge in [-0.3, -0.25) is 0 Å². The van der Waals surface area contributed by atoms with Gasteiger partial charge in [-0.15, -0.1) is 0 Å². The predicted octanol–water partition coefficient (Wildman–Crippen LogP) is 2.21. The summed E-state index contributed by atoms with van der Waals surface area (Å²) in [5.74, 6) is 0. The van der Waals surface area contributed by atoms with Crippen LogP contribution in [0.3, 0.4) is 0 Å². The molecular weight excluding hydrogens is 198 g/mol. The summed E-state index contributed by atoms with van der Waals surface area (Å²) in [6, 6.07) is 7.27. The maximum absolute atomic E-state index is 9.02. The van der Waals surface area contributed by atoms with E-state index in [1.165, 1.54) is 36.0 Å². The Labute approximate surface area is 97.7 Å². The third-order valence-electron chi connectivity index (χ3n) is 3.43. The van der Waals surface area contributed by atoms with Crippen LogP contribution in [0.1, 0.15) is 43.0 Å². The molecule has 0 saturated heterocycles. The van der Waals surface area contributed by atoms with Gasteiger partial charge in [0, 0.05) is 12.1 Å². The molecular formula is C14H21NO. The first-order valence-corrected chi connectivity index (χ1v) is 6.19. The van der Waals surface area contributed by atoms with Gasteiger partial charge in [0.05, 0.1) is 6.61 Å². The van der Waals surface area contributed by atoms with Crippen molar-refractivity contribution in [3.05, 3.63) is 34.9 Å². The maximum Gasteiger partial charge on any atom is 0.0582 e. The average molecular weight is 219 g/mol. The molecule has 1 aromatic rings. The van der Waals surface area contributed by atoms with Crippen LogP contribution in [-0.4, -0.2) is 17.8 Å². The molecule has 1 aromatic carbocycles. The zero-order chi connectivity index (χ0) is 11.5. The summed E-state index contributed by atoms with van der Waals surface area (Å²) in [5, 5.41) is 12.4. The van der Waals surface area contributed by atoms with Crippen LogP contribution in [0.2, 0.25) is 0 Å². The highest BCUT2D eigenvalue weighted by atomic mass is 16.3. The van der Waals surface area contributed by atoms with Gasteiger partial charge in [0.2, 0.25) is 0 Å². The molecule has 0 aliphatic heterocycles. The second kappa shape index (κ2) is 4.98. The summed E-state index contributed by atoms with van der Waals surface area (Å²) < 4.78 is 0. The fraction of sp³-hybridized carbons (Fsp3) is 0.571. The van der Waals surface area contributed by atoms with E-state index in [4.69, 9.17) is 5.11 Å². The Kier molecular flexibility index (Phi) is 3.62. The maximum atomic E-state index is 9.02. The van der Waals surface area contributed by atoms with Gasteiger partial charge in [-0.25, -0.2) is 0 Å². The number of benzene rings is 1. The topological polar surface area (TPSA) is 32.3 Å². The van der Waals surface area contributed by atoms with Gasteiger partial charge < -0.3 is 10.4 Å². The first-order chi connectivity index (χ1) is 7.70. The lowest BCUT2D eigenvalue weighted by Crippen LogP contribution is -2.31. The molecule has 2 atom stereocenters.